The van der Waals surface area contributed by atoms with Gasteiger partial charge in [-0.2, -0.15) is 0 Å². The van der Waals surface area contributed by atoms with E-state index in [1.807, 2.05) is 62.4 Å². The van der Waals surface area contributed by atoms with Crippen molar-refractivity contribution in [3.05, 3.63) is 77.6 Å². The van der Waals surface area contributed by atoms with E-state index in [4.69, 9.17) is 4.52 Å². The fourth-order valence-electron chi connectivity index (χ4n) is 3.14. The Morgan fingerprint density at radius 1 is 1.00 bits per heavy atom. The Morgan fingerprint density at radius 2 is 1.80 bits per heavy atom. The zero-order valence-electron chi connectivity index (χ0n) is 16.6. The number of benzene rings is 2. The molecule has 0 aliphatic rings. The molecular formula is C23H20N4O3. The number of nitrogens with one attached hydrogen (secondary N) is 2. The summed E-state index contributed by atoms with van der Waals surface area (Å²) in [6.07, 6.45) is 1.52. The molecule has 0 fully saturated rings. The van der Waals surface area contributed by atoms with Crippen molar-refractivity contribution < 1.29 is 14.1 Å². The molecule has 0 bridgehead atoms. The first-order chi connectivity index (χ1) is 14.5. The lowest BCUT2D eigenvalue weighted by Crippen LogP contribution is -2.35. The minimum absolute atomic E-state index is 0.0869. The molecule has 0 saturated heterocycles. The predicted molar refractivity (Wildman–Crippen MR) is 114 cm³/mol. The van der Waals surface area contributed by atoms with Crippen LogP contribution in [0.5, 0.6) is 0 Å². The fraction of sp³-hybridized carbons (Fsp3) is 0.130. The van der Waals surface area contributed by atoms with Crippen molar-refractivity contribution >= 4 is 28.4 Å². The highest BCUT2D eigenvalue weighted by atomic mass is 16.5. The first-order valence-corrected chi connectivity index (χ1v) is 9.47. The summed E-state index contributed by atoms with van der Waals surface area (Å²) in [5.74, 6) is -0.891. The summed E-state index contributed by atoms with van der Waals surface area (Å²) in [6.45, 7) is 3.93. The Balaban J connectivity index is 1.40. The zero-order chi connectivity index (χ0) is 21.1. The molecule has 2 aromatic carbocycles. The quantitative estimate of drug-likeness (QED) is 0.509. The largest absolute Gasteiger partial charge is 0.356 e. The Labute approximate surface area is 173 Å². The average Bonchev–Trinajstić information content (AvgIpc) is 3.12. The van der Waals surface area contributed by atoms with Crippen molar-refractivity contribution in [3.8, 4) is 11.3 Å². The third-order valence-corrected chi connectivity index (χ3v) is 4.77. The molecule has 0 aliphatic heterocycles. The molecular weight excluding hydrogens is 380 g/mol. The zero-order valence-corrected chi connectivity index (χ0v) is 16.6. The van der Waals surface area contributed by atoms with Crippen LogP contribution in [0, 0.1) is 13.8 Å². The van der Waals surface area contributed by atoms with E-state index in [9.17, 15) is 9.59 Å². The number of nitrogens with zero attached hydrogens (tertiary/aromatic N) is 2. The van der Waals surface area contributed by atoms with Crippen LogP contribution in [-0.2, 0) is 16.1 Å². The van der Waals surface area contributed by atoms with Gasteiger partial charge in [0.2, 0.25) is 0 Å². The highest BCUT2D eigenvalue weighted by Gasteiger charge is 2.18. The molecule has 150 valence electrons. The van der Waals surface area contributed by atoms with Crippen LogP contribution in [0.3, 0.4) is 0 Å². The Bertz CT molecular complexity index is 1230. The van der Waals surface area contributed by atoms with Gasteiger partial charge >= 0.3 is 11.8 Å². The van der Waals surface area contributed by atoms with E-state index < -0.39 is 11.8 Å². The highest BCUT2D eigenvalue weighted by molar-refractivity contribution is 6.39. The van der Waals surface area contributed by atoms with Gasteiger partial charge in [0.05, 0.1) is 23.9 Å². The maximum atomic E-state index is 12.3. The SMILES string of the molecule is Cc1ccc2ncc(NC(=O)C(=O)NCc3noc(-c4ccccc4)c3C)cc2c1. The summed E-state index contributed by atoms with van der Waals surface area (Å²) in [5.41, 5.74) is 4.64. The second-order valence-electron chi connectivity index (χ2n) is 7.01. The number of hydrogen-bond donors (Lipinski definition) is 2. The molecule has 2 amide bonds. The molecule has 4 rings (SSSR count). The van der Waals surface area contributed by atoms with Crippen molar-refractivity contribution in [1.82, 2.24) is 15.5 Å². The van der Waals surface area contributed by atoms with Crippen LogP contribution < -0.4 is 10.6 Å². The van der Waals surface area contributed by atoms with E-state index >= 15 is 0 Å². The third-order valence-electron chi connectivity index (χ3n) is 4.77. The van der Waals surface area contributed by atoms with Crippen LogP contribution in [0.15, 0.2) is 65.3 Å². The normalized spacial score (nSPS) is 10.7. The topological polar surface area (TPSA) is 97.1 Å². The van der Waals surface area contributed by atoms with Gasteiger partial charge in [0, 0.05) is 16.5 Å². The van der Waals surface area contributed by atoms with Gasteiger partial charge in [-0.25, -0.2) is 0 Å². The van der Waals surface area contributed by atoms with Gasteiger partial charge < -0.3 is 15.2 Å². The van der Waals surface area contributed by atoms with Crippen LogP contribution >= 0.6 is 0 Å². The number of pyridine rings is 1. The van der Waals surface area contributed by atoms with E-state index in [-0.39, 0.29) is 6.54 Å². The minimum Gasteiger partial charge on any atom is -0.356 e. The Morgan fingerprint density at radius 3 is 2.60 bits per heavy atom. The number of hydrogen-bond acceptors (Lipinski definition) is 5. The molecule has 0 spiro atoms. The average molecular weight is 400 g/mol. The second kappa shape index (κ2) is 8.16. The molecule has 30 heavy (non-hydrogen) atoms. The van der Waals surface area contributed by atoms with Gasteiger partial charge in [-0.15, -0.1) is 0 Å². The second-order valence-corrected chi connectivity index (χ2v) is 7.01. The lowest BCUT2D eigenvalue weighted by molar-refractivity contribution is -0.136. The number of aromatic nitrogens is 2. The number of aryl methyl sites for hydroxylation is 1. The highest BCUT2D eigenvalue weighted by Crippen LogP contribution is 2.25. The van der Waals surface area contributed by atoms with Crippen LogP contribution in [0.4, 0.5) is 5.69 Å². The molecule has 2 N–H and O–H groups in total. The lowest BCUT2D eigenvalue weighted by atomic mass is 10.1. The van der Waals surface area contributed by atoms with Gasteiger partial charge in [-0.05, 0) is 32.0 Å². The number of amides is 2. The van der Waals surface area contributed by atoms with Crippen molar-refractivity contribution in [2.24, 2.45) is 0 Å². The molecule has 0 radical (unpaired) electrons. The standard InChI is InChI=1S/C23H20N4O3/c1-14-8-9-19-17(10-14)11-18(12-24-19)26-23(29)22(28)25-13-20-15(2)21(30-27-20)16-6-4-3-5-7-16/h3-12H,13H2,1-2H3,(H,25,28)(H,26,29). The molecule has 7 nitrogen and oxygen atoms in total. The van der Waals surface area contributed by atoms with Crippen molar-refractivity contribution in [2.45, 2.75) is 20.4 Å². The van der Waals surface area contributed by atoms with E-state index in [0.717, 1.165) is 27.6 Å². The van der Waals surface area contributed by atoms with Crippen molar-refractivity contribution in [3.63, 3.8) is 0 Å². The molecule has 7 heteroatoms. The summed E-state index contributed by atoms with van der Waals surface area (Å²) in [4.78, 5) is 28.8. The molecule has 0 saturated carbocycles. The maximum Gasteiger partial charge on any atom is 0.313 e. The van der Waals surface area contributed by atoms with E-state index in [1.54, 1.807) is 6.07 Å². The van der Waals surface area contributed by atoms with Gasteiger partial charge in [0.1, 0.15) is 5.69 Å². The smallest absolute Gasteiger partial charge is 0.313 e. The van der Waals surface area contributed by atoms with Crippen LogP contribution in [0.1, 0.15) is 16.8 Å². The first kappa shape index (κ1) is 19.3. The Kier molecular flexibility index (Phi) is 5.26. The van der Waals surface area contributed by atoms with E-state index in [0.29, 0.717) is 17.1 Å². The van der Waals surface area contributed by atoms with Gasteiger partial charge in [-0.3, -0.25) is 14.6 Å². The summed E-state index contributed by atoms with van der Waals surface area (Å²) in [6, 6.07) is 17.2. The van der Waals surface area contributed by atoms with Crippen molar-refractivity contribution in [1.29, 1.82) is 0 Å². The summed E-state index contributed by atoms with van der Waals surface area (Å²) >= 11 is 0. The monoisotopic (exact) mass is 400 g/mol. The molecule has 2 aromatic heterocycles. The van der Waals surface area contributed by atoms with Gasteiger partial charge in [0.15, 0.2) is 5.76 Å². The summed E-state index contributed by atoms with van der Waals surface area (Å²) in [7, 11) is 0. The molecule has 0 atom stereocenters. The van der Waals surface area contributed by atoms with Crippen molar-refractivity contribution in [2.75, 3.05) is 5.32 Å². The molecule has 0 aliphatic carbocycles. The maximum absolute atomic E-state index is 12.3. The fourth-order valence-corrected chi connectivity index (χ4v) is 3.14. The Hall–Kier alpha value is -4.00. The van der Waals surface area contributed by atoms with Gasteiger partial charge in [0.25, 0.3) is 0 Å². The predicted octanol–water partition coefficient (Wildman–Crippen LogP) is 3.76. The summed E-state index contributed by atoms with van der Waals surface area (Å²) in [5, 5.41) is 10.1. The minimum atomic E-state index is -0.770. The van der Waals surface area contributed by atoms with E-state index in [2.05, 4.69) is 20.8 Å². The van der Waals surface area contributed by atoms with Crippen LogP contribution in [-0.4, -0.2) is 22.0 Å². The number of rotatable bonds is 4. The van der Waals surface area contributed by atoms with Crippen LogP contribution in [0.25, 0.3) is 22.2 Å². The summed E-state index contributed by atoms with van der Waals surface area (Å²) < 4.78 is 5.41. The van der Waals surface area contributed by atoms with Crippen LogP contribution in [0.2, 0.25) is 0 Å². The lowest BCUT2D eigenvalue weighted by Gasteiger charge is -2.07. The third kappa shape index (κ3) is 4.05. The number of carbonyl (C=O) groups is 2. The molecule has 0 unspecified atom stereocenters. The number of carbonyl (C=O) groups excluding carboxylic acids is 2. The van der Waals surface area contributed by atoms with Gasteiger partial charge in [-0.1, -0.05) is 47.1 Å². The molecule has 4 aromatic rings. The number of fused-ring (bicyclic) bond motifs is 1. The molecule has 2 heterocycles. The first-order valence-electron chi connectivity index (χ1n) is 9.47. The van der Waals surface area contributed by atoms with E-state index in [1.165, 1.54) is 6.20 Å². The number of anilines is 1.